The van der Waals surface area contributed by atoms with Crippen LogP contribution in [0.5, 0.6) is 5.75 Å². The Hall–Kier alpha value is -2.33. The van der Waals surface area contributed by atoms with Gasteiger partial charge in [-0.25, -0.2) is 13.4 Å². The summed E-state index contributed by atoms with van der Waals surface area (Å²) in [6.07, 6.45) is 3.64. The molecule has 0 aromatic heterocycles. The van der Waals surface area contributed by atoms with Gasteiger partial charge in [-0.05, 0) is 18.9 Å². The van der Waals surface area contributed by atoms with Crippen molar-refractivity contribution in [2.75, 3.05) is 46.6 Å². The largest absolute Gasteiger partial charge is 0.493 e. The first-order valence-electron chi connectivity index (χ1n) is 10.2. The zero-order valence-corrected chi connectivity index (χ0v) is 18.6. The number of guanidine groups is 1. The fourth-order valence-electron chi connectivity index (χ4n) is 3.76. The third-order valence-corrected chi connectivity index (χ3v) is 6.73. The zero-order chi connectivity index (χ0) is 21.7. The summed E-state index contributed by atoms with van der Waals surface area (Å²) in [7, 11) is 0.132. The standard InChI is InChI=1S/C20H31N5O4S/c1-24(2)19(26)14-22-20(21-13-15-7-6-11-25(15)30(3,27)28)23-17-10-12-29-18-9-5-4-8-16(17)18/h4-5,8-9,15,17H,6-7,10-14H2,1-3H3,(H2,21,22,23)/t15-,17?/m1/s1. The summed E-state index contributed by atoms with van der Waals surface area (Å²) in [6.45, 7) is 1.56. The van der Waals surface area contributed by atoms with E-state index in [0.717, 1.165) is 30.6 Å². The van der Waals surface area contributed by atoms with E-state index in [2.05, 4.69) is 15.6 Å². The van der Waals surface area contributed by atoms with Crippen molar-refractivity contribution < 1.29 is 17.9 Å². The van der Waals surface area contributed by atoms with Crippen LogP contribution in [0.15, 0.2) is 29.3 Å². The van der Waals surface area contributed by atoms with Crippen molar-refractivity contribution in [3.63, 3.8) is 0 Å². The first kappa shape index (κ1) is 22.4. The van der Waals surface area contributed by atoms with Crippen molar-refractivity contribution in [3.05, 3.63) is 29.8 Å². The van der Waals surface area contributed by atoms with Gasteiger partial charge in [0.15, 0.2) is 5.96 Å². The third kappa shape index (κ3) is 5.63. The molecule has 2 heterocycles. The molecule has 1 amide bonds. The highest BCUT2D eigenvalue weighted by atomic mass is 32.2. The topological polar surface area (TPSA) is 103 Å². The number of amides is 1. The van der Waals surface area contributed by atoms with Crippen LogP contribution in [0.25, 0.3) is 0 Å². The molecule has 30 heavy (non-hydrogen) atoms. The van der Waals surface area contributed by atoms with Crippen LogP contribution in [-0.2, 0) is 14.8 Å². The second kappa shape index (κ2) is 9.65. The molecule has 2 atom stereocenters. The average molecular weight is 438 g/mol. The molecule has 2 aliphatic heterocycles. The Bertz CT molecular complexity index is 887. The Balaban J connectivity index is 1.73. The van der Waals surface area contributed by atoms with Gasteiger partial charge in [-0.1, -0.05) is 18.2 Å². The molecule has 0 saturated carbocycles. The summed E-state index contributed by atoms with van der Waals surface area (Å²) in [5.74, 6) is 1.22. The number of carbonyl (C=O) groups is 1. The monoisotopic (exact) mass is 437 g/mol. The maximum Gasteiger partial charge on any atom is 0.243 e. The fraction of sp³-hybridized carbons (Fsp3) is 0.600. The lowest BCUT2D eigenvalue weighted by atomic mass is 10.0. The molecule has 1 unspecified atom stereocenters. The van der Waals surface area contributed by atoms with E-state index in [4.69, 9.17) is 4.74 Å². The number of nitrogens with zero attached hydrogens (tertiary/aromatic N) is 3. The number of para-hydroxylation sites is 1. The van der Waals surface area contributed by atoms with Crippen LogP contribution < -0.4 is 15.4 Å². The Kier molecular flexibility index (Phi) is 7.19. The highest BCUT2D eigenvalue weighted by Crippen LogP contribution is 2.31. The van der Waals surface area contributed by atoms with E-state index in [1.54, 1.807) is 14.1 Å². The fourth-order valence-corrected chi connectivity index (χ4v) is 4.94. The summed E-state index contributed by atoms with van der Waals surface area (Å²) < 4.78 is 31.3. The maximum atomic E-state index is 12.0. The van der Waals surface area contributed by atoms with Gasteiger partial charge in [0, 0.05) is 45.2 Å². The SMILES string of the molecule is CN(C)C(=O)CN=C(NC[C@H]1CCCN1S(C)(=O)=O)NC1CCOc2ccccc21. The lowest BCUT2D eigenvalue weighted by Crippen LogP contribution is -2.47. The van der Waals surface area contributed by atoms with Crippen LogP contribution in [0.2, 0.25) is 0 Å². The number of hydrogen-bond donors (Lipinski definition) is 2. The van der Waals surface area contributed by atoms with Crippen LogP contribution in [-0.4, -0.2) is 82.1 Å². The lowest BCUT2D eigenvalue weighted by Gasteiger charge is -2.29. The minimum atomic E-state index is -3.25. The van der Waals surface area contributed by atoms with Gasteiger partial charge in [-0.15, -0.1) is 0 Å². The molecule has 1 fully saturated rings. The summed E-state index contributed by atoms with van der Waals surface area (Å²) >= 11 is 0. The minimum Gasteiger partial charge on any atom is -0.493 e. The molecule has 0 aliphatic carbocycles. The zero-order valence-electron chi connectivity index (χ0n) is 17.8. The van der Waals surface area contributed by atoms with E-state index in [9.17, 15) is 13.2 Å². The Morgan fingerprint density at radius 1 is 1.30 bits per heavy atom. The molecule has 9 nitrogen and oxygen atoms in total. The molecule has 166 valence electrons. The van der Waals surface area contributed by atoms with Crippen LogP contribution in [0, 0.1) is 0 Å². The first-order valence-corrected chi connectivity index (χ1v) is 12.0. The Morgan fingerprint density at radius 3 is 2.80 bits per heavy atom. The van der Waals surface area contributed by atoms with Crippen molar-refractivity contribution in [1.82, 2.24) is 19.8 Å². The van der Waals surface area contributed by atoms with E-state index >= 15 is 0 Å². The minimum absolute atomic E-state index is 0.00760. The Morgan fingerprint density at radius 2 is 2.07 bits per heavy atom. The average Bonchev–Trinajstić information content (AvgIpc) is 3.19. The highest BCUT2D eigenvalue weighted by Gasteiger charge is 2.31. The molecule has 10 heteroatoms. The van der Waals surface area contributed by atoms with Gasteiger partial charge < -0.3 is 20.3 Å². The van der Waals surface area contributed by atoms with Crippen LogP contribution >= 0.6 is 0 Å². The predicted molar refractivity (Wildman–Crippen MR) is 116 cm³/mol. The molecule has 1 aromatic rings. The summed E-state index contributed by atoms with van der Waals surface area (Å²) in [5, 5.41) is 6.66. The van der Waals surface area contributed by atoms with E-state index in [1.807, 2.05) is 24.3 Å². The number of ether oxygens (including phenoxy) is 1. The van der Waals surface area contributed by atoms with Crippen molar-refractivity contribution in [2.45, 2.75) is 31.3 Å². The number of fused-ring (bicyclic) bond motifs is 1. The van der Waals surface area contributed by atoms with Gasteiger partial charge in [0.2, 0.25) is 15.9 Å². The molecule has 0 bridgehead atoms. The molecular weight excluding hydrogens is 406 g/mol. The molecule has 3 rings (SSSR count). The van der Waals surface area contributed by atoms with E-state index in [-0.39, 0.29) is 24.5 Å². The van der Waals surface area contributed by atoms with Crippen molar-refractivity contribution in [3.8, 4) is 5.75 Å². The number of likely N-dealkylation sites (N-methyl/N-ethyl adjacent to an activating group) is 1. The van der Waals surface area contributed by atoms with Crippen LogP contribution in [0.3, 0.4) is 0 Å². The molecule has 0 spiro atoms. The van der Waals surface area contributed by atoms with Gasteiger partial charge in [0.1, 0.15) is 12.3 Å². The van der Waals surface area contributed by atoms with E-state index in [1.165, 1.54) is 15.5 Å². The van der Waals surface area contributed by atoms with Gasteiger partial charge in [0.25, 0.3) is 0 Å². The van der Waals surface area contributed by atoms with Crippen LogP contribution in [0.4, 0.5) is 0 Å². The Labute approximate surface area is 178 Å². The number of sulfonamides is 1. The molecular formula is C20H31N5O4S. The summed E-state index contributed by atoms with van der Waals surface area (Å²) in [6, 6.07) is 7.71. The van der Waals surface area contributed by atoms with Gasteiger partial charge >= 0.3 is 0 Å². The number of rotatable bonds is 6. The van der Waals surface area contributed by atoms with Gasteiger partial charge in [0.05, 0.1) is 18.9 Å². The predicted octanol–water partition coefficient (Wildman–Crippen LogP) is 0.558. The van der Waals surface area contributed by atoms with Crippen molar-refractivity contribution in [1.29, 1.82) is 0 Å². The van der Waals surface area contributed by atoms with Gasteiger partial charge in [-0.2, -0.15) is 4.31 Å². The maximum absolute atomic E-state index is 12.0. The lowest BCUT2D eigenvalue weighted by molar-refractivity contribution is -0.127. The van der Waals surface area contributed by atoms with E-state index < -0.39 is 10.0 Å². The second-order valence-corrected chi connectivity index (χ2v) is 9.81. The quantitative estimate of drug-likeness (QED) is 0.498. The van der Waals surface area contributed by atoms with Crippen molar-refractivity contribution >= 4 is 21.9 Å². The van der Waals surface area contributed by atoms with Gasteiger partial charge in [-0.3, -0.25) is 4.79 Å². The second-order valence-electron chi connectivity index (χ2n) is 7.88. The molecule has 1 aromatic carbocycles. The van der Waals surface area contributed by atoms with E-state index in [0.29, 0.717) is 25.7 Å². The highest BCUT2D eigenvalue weighted by molar-refractivity contribution is 7.88. The molecule has 0 radical (unpaired) electrons. The number of carbonyl (C=O) groups excluding carboxylic acids is 1. The van der Waals surface area contributed by atoms with Crippen molar-refractivity contribution in [2.24, 2.45) is 4.99 Å². The number of benzene rings is 1. The normalized spacial score (nSPS) is 22.2. The first-order chi connectivity index (χ1) is 14.3. The number of aliphatic imine (C=N–C) groups is 1. The molecule has 2 N–H and O–H groups in total. The third-order valence-electron chi connectivity index (χ3n) is 5.39. The summed E-state index contributed by atoms with van der Waals surface area (Å²) in [4.78, 5) is 18.0. The molecule has 1 saturated heterocycles. The summed E-state index contributed by atoms with van der Waals surface area (Å²) in [5.41, 5.74) is 1.04. The number of nitrogens with one attached hydrogen (secondary N) is 2. The number of hydrogen-bond acceptors (Lipinski definition) is 5. The van der Waals surface area contributed by atoms with Crippen LogP contribution in [0.1, 0.15) is 30.9 Å². The molecule has 2 aliphatic rings. The smallest absolute Gasteiger partial charge is 0.243 e.